The summed E-state index contributed by atoms with van der Waals surface area (Å²) in [4.78, 5) is 39.0. The lowest BCUT2D eigenvalue weighted by Crippen LogP contribution is -2.53. The van der Waals surface area contributed by atoms with Gasteiger partial charge in [-0.3, -0.25) is 14.5 Å². The Morgan fingerprint density at radius 1 is 1.22 bits per heavy atom. The molecular weight excluding hydrogens is 456 g/mol. The van der Waals surface area contributed by atoms with Gasteiger partial charge in [0.05, 0.1) is 11.7 Å². The van der Waals surface area contributed by atoms with E-state index in [1.807, 2.05) is 10.8 Å². The Labute approximate surface area is 212 Å². The molecule has 194 valence electrons. The third-order valence-corrected chi connectivity index (χ3v) is 7.98. The van der Waals surface area contributed by atoms with Crippen LogP contribution in [0, 0.1) is 5.92 Å². The second kappa shape index (κ2) is 11.0. The molecular formula is C26H38N8O2. The van der Waals surface area contributed by atoms with E-state index in [1.165, 1.54) is 32.1 Å². The van der Waals surface area contributed by atoms with Crippen LogP contribution in [0.25, 0.3) is 11.3 Å². The number of nitrogen functional groups attached to an aromatic ring is 1. The summed E-state index contributed by atoms with van der Waals surface area (Å²) < 4.78 is 1.92. The fraction of sp³-hybridized carbons (Fsp3) is 0.615. The first-order valence-electron chi connectivity index (χ1n) is 13.3. The molecule has 1 saturated heterocycles. The van der Waals surface area contributed by atoms with Crippen molar-refractivity contribution < 1.29 is 9.59 Å². The van der Waals surface area contributed by atoms with Gasteiger partial charge in [-0.05, 0) is 37.9 Å². The first kappa shape index (κ1) is 24.7. The minimum atomic E-state index is -0.152. The molecule has 36 heavy (non-hydrogen) atoms. The van der Waals surface area contributed by atoms with E-state index >= 15 is 0 Å². The van der Waals surface area contributed by atoms with Gasteiger partial charge in [0.15, 0.2) is 0 Å². The van der Waals surface area contributed by atoms with Gasteiger partial charge in [0, 0.05) is 69.7 Å². The highest BCUT2D eigenvalue weighted by Crippen LogP contribution is 2.29. The normalized spacial score (nSPS) is 22.6. The summed E-state index contributed by atoms with van der Waals surface area (Å²) in [6.07, 6.45) is 9.98. The lowest BCUT2D eigenvalue weighted by atomic mass is 9.83. The zero-order chi connectivity index (χ0) is 25.1. The van der Waals surface area contributed by atoms with Crippen molar-refractivity contribution in [1.82, 2.24) is 35.0 Å². The summed E-state index contributed by atoms with van der Waals surface area (Å²) >= 11 is 0. The molecule has 2 atom stereocenters. The van der Waals surface area contributed by atoms with E-state index in [-0.39, 0.29) is 29.8 Å². The predicted molar refractivity (Wildman–Crippen MR) is 138 cm³/mol. The average Bonchev–Trinajstić information content (AvgIpc) is 3.34. The summed E-state index contributed by atoms with van der Waals surface area (Å²) in [6.45, 7) is 5.58. The SMILES string of the molecule is CN1CCN(C[C@H](NC(=O)C[C@H]2CNC(=O)c3cc(-c4ccnc(N)n4)cn32)C2CCCCC2)CC1. The number of carbonyl (C=O) groups is 2. The molecule has 10 nitrogen and oxygen atoms in total. The van der Waals surface area contributed by atoms with Gasteiger partial charge >= 0.3 is 0 Å². The summed E-state index contributed by atoms with van der Waals surface area (Å²) in [5.41, 5.74) is 7.73. The zero-order valence-corrected chi connectivity index (χ0v) is 21.2. The Morgan fingerprint density at radius 3 is 2.75 bits per heavy atom. The van der Waals surface area contributed by atoms with Gasteiger partial charge in [0.1, 0.15) is 5.69 Å². The number of aromatic nitrogens is 3. The van der Waals surface area contributed by atoms with Crippen molar-refractivity contribution in [3.63, 3.8) is 0 Å². The van der Waals surface area contributed by atoms with Crippen molar-refractivity contribution in [2.45, 2.75) is 50.6 Å². The second-order valence-corrected chi connectivity index (χ2v) is 10.6. The monoisotopic (exact) mass is 494 g/mol. The van der Waals surface area contributed by atoms with Crippen LogP contribution in [0.4, 0.5) is 5.95 Å². The van der Waals surface area contributed by atoms with Crippen LogP contribution in [0.5, 0.6) is 0 Å². The maximum atomic E-state index is 13.4. The number of nitrogens with one attached hydrogen (secondary N) is 2. The van der Waals surface area contributed by atoms with Crippen molar-refractivity contribution in [3.8, 4) is 11.3 Å². The van der Waals surface area contributed by atoms with E-state index in [0.717, 1.165) is 38.3 Å². The first-order valence-corrected chi connectivity index (χ1v) is 13.3. The Balaban J connectivity index is 1.28. The molecule has 1 saturated carbocycles. The summed E-state index contributed by atoms with van der Waals surface area (Å²) in [5, 5.41) is 6.37. The Morgan fingerprint density at radius 2 is 2.00 bits per heavy atom. The van der Waals surface area contributed by atoms with Gasteiger partial charge in [0.2, 0.25) is 11.9 Å². The molecule has 0 aromatic carbocycles. The van der Waals surface area contributed by atoms with Crippen molar-refractivity contribution in [1.29, 1.82) is 0 Å². The number of amides is 2. The van der Waals surface area contributed by atoms with E-state index in [9.17, 15) is 9.59 Å². The van der Waals surface area contributed by atoms with E-state index in [2.05, 4.69) is 37.4 Å². The van der Waals surface area contributed by atoms with Crippen LogP contribution in [0.3, 0.4) is 0 Å². The Kier molecular flexibility index (Phi) is 7.52. The highest BCUT2D eigenvalue weighted by molar-refractivity contribution is 5.95. The molecule has 2 fully saturated rings. The molecule has 0 spiro atoms. The van der Waals surface area contributed by atoms with Gasteiger partial charge in [-0.1, -0.05) is 19.3 Å². The fourth-order valence-electron chi connectivity index (χ4n) is 5.85. The zero-order valence-electron chi connectivity index (χ0n) is 21.2. The lowest BCUT2D eigenvalue weighted by molar-refractivity contribution is -0.123. The van der Waals surface area contributed by atoms with E-state index < -0.39 is 0 Å². The van der Waals surface area contributed by atoms with Crippen LogP contribution in [0.15, 0.2) is 24.5 Å². The van der Waals surface area contributed by atoms with Gasteiger partial charge in [-0.15, -0.1) is 0 Å². The highest BCUT2D eigenvalue weighted by Gasteiger charge is 2.31. The van der Waals surface area contributed by atoms with Crippen LogP contribution < -0.4 is 16.4 Å². The smallest absolute Gasteiger partial charge is 0.268 e. The average molecular weight is 495 g/mol. The molecule has 2 amide bonds. The molecule has 3 aliphatic rings. The van der Waals surface area contributed by atoms with Gasteiger partial charge in [0.25, 0.3) is 5.91 Å². The van der Waals surface area contributed by atoms with E-state index in [1.54, 1.807) is 18.3 Å². The number of nitrogens with two attached hydrogens (primary N) is 1. The molecule has 2 aromatic rings. The number of hydrogen-bond acceptors (Lipinski definition) is 7. The minimum Gasteiger partial charge on any atom is -0.368 e. The molecule has 4 N–H and O–H groups in total. The first-order chi connectivity index (χ1) is 17.5. The molecule has 10 heteroatoms. The van der Waals surface area contributed by atoms with Gasteiger partial charge in [-0.2, -0.15) is 0 Å². The van der Waals surface area contributed by atoms with Crippen molar-refractivity contribution in [2.24, 2.45) is 5.92 Å². The van der Waals surface area contributed by atoms with Crippen molar-refractivity contribution >= 4 is 17.8 Å². The maximum absolute atomic E-state index is 13.4. The maximum Gasteiger partial charge on any atom is 0.268 e. The topological polar surface area (TPSA) is 121 Å². The number of carbonyl (C=O) groups excluding carboxylic acids is 2. The minimum absolute atomic E-state index is 0.0494. The predicted octanol–water partition coefficient (Wildman–Crippen LogP) is 1.51. The largest absolute Gasteiger partial charge is 0.368 e. The second-order valence-electron chi connectivity index (χ2n) is 10.6. The number of anilines is 1. The Bertz CT molecular complexity index is 1070. The molecule has 2 aliphatic heterocycles. The van der Waals surface area contributed by atoms with Crippen LogP contribution in [0.2, 0.25) is 0 Å². The van der Waals surface area contributed by atoms with Crippen LogP contribution in [-0.4, -0.2) is 88.5 Å². The molecule has 2 aromatic heterocycles. The highest BCUT2D eigenvalue weighted by atomic mass is 16.2. The van der Waals surface area contributed by atoms with Crippen LogP contribution >= 0.6 is 0 Å². The quantitative estimate of drug-likeness (QED) is 0.533. The number of nitrogens with zero attached hydrogens (tertiary/aromatic N) is 5. The summed E-state index contributed by atoms with van der Waals surface area (Å²) in [6, 6.07) is 3.59. The van der Waals surface area contributed by atoms with E-state index in [4.69, 9.17) is 5.73 Å². The standard InChI is InChI=1S/C26H38N8O2/c1-32-9-11-33(12-10-32)17-22(18-5-3-2-4-6-18)30-24(35)14-20-15-29-25(36)23-13-19(16-34(20)23)21-7-8-28-26(27)31-21/h7-8,13,16,18,20,22H,2-6,9-12,14-15,17H2,1H3,(H,29,36)(H,30,35)(H2,27,28,31)/t20-,22-/m0/s1. The Hall–Kier alpha value is -2.98. The number of fused-ring (bicyclic) bond motifs is 1. The molecule has 0 bridgehead atoms. The van der Waals surface area contributed by atoms with E-state index in [0.29, 0.717) is 30.3 Å². The van der Waals surface area contributed by atoms with Crippen LogP contribution in [-0.2, 0) is 4.79 Å². The van der Waals surface area contributed by atoms with Crippen LogP contribution in [0.1, 0.15) is 55.1 Å². The molecule has 5 rings (SSSR count). The number of hydrogen-bond donors (Lipinski definition) is 3. The molecule has 1 aliphatic carbocycles. The fourth-order valence-corrected chi connectivity index (χ4v) is 5.85. The third kappa shape index (κ3) is 5.70. The lowest BCUT2D eigenvalue weighted by Gasteiger charge is -2.38. The van der Waals surface area contributed by atoms with Gasteiger partial charge in [-0.25, -0.2) is 9.97 Å². The summed E-state index contributed by atoms with van der Waals surface area (Å²) in [5.74, 6) is 0.625. The number of piperazine rings is 1. The summed E-state index contributed by atoms with van der Waals surface area (Å²) in [7, 11) is 2.17. The van der Waals surface area contributed by atoms with Gasteiger partial charge < -0.3 is 25.8 Å². The molecule has 0 unspecified atom stereocenters. The number of rotatable bonds is 7. The number of likely N-dealkylation sites (N-methyl/N-ethyl adjacent to an activating group) is 1. The van der Waals surface area contributed by atoms with Crippen molar-refractivity contribution in [2.75, 3.05) is 52.0 Å². The molecule has 0 radical (unpaired) electrons. The van der Waals surface area contributed by atoms with Crippen molar-refractivity contribution in [3.05, 3.63) is 30.2 Å². The third-order valence-electron chi connectivity index (χ3n) is 7.98. The molecule has 4 heterocycles.